The summed E-state index contributed by atoms with van der Waals surface area (Å²) in [7, 11) is 0. The average Bonchev–Trinajstić information content (AvgIpc) is 2.96. The van der Waals surface area contributed by atoms with Crippen molar-refractivity contribution in [1.82, 2.24) is 4.90 Å². The van der Waals surface area contributed by atoms with Crippen LogP contribution in [-0.4, -0.2) is 29.3 Å². The van der Waals surface area contributed by atoms with E-state index in [0.717, 1.165) is 22.3 Å². The average molecular weight is 572 g/mol. The van der Waals surface area contributed by atoms with Crippen molar-refractivity contribution < 1.29 is 19.0 Å². The van der Waals surface area contributed by atoms with Gasteiger partial charge < -0.3 is 14.2 Å². The maximum absolute atomic E-state index is 13.9. The third-order valence-electron chi connectivity index (χ3n) is 6.35. The van der Waals surface area contributed by atoms with Gasteiger partial charge in [0, 0.05) is 6.54 Å². The number of nitrogens with zero attached hydrogens (tertiary/aromatic N) is 1. The zero-order chi connectivity index (χ0) is 28.2. The molecule has 0 aliphatic rings. The van der Waals surface area contributed by atoms with E-state index < -0.39 is 23.8 Å². The molecule has 0 bridgehead atoms. The first-order valence-electron chi connectivity index (χ1n) is 13.7. The fourth-order valence-electron chi connectivity index (χ4n) is 4.50. The van der Waals surface area contributed by atoms with Gasteiger partial charge >= 0.3 is 6.09 Å². The minimum atomic E-state index is -0.655. The highest BCUT2D eigenvalue weighted by Crippen LogP contribution is 2.31. The molecule has 5 nitrogen and oxygen atoms in total. The quantitative estimate of drug-likeness (QED) is 0.172. The molecule has 0 N–H and O–H groups in total. The Morgan fingerprint density at radius 2 is 1.15 bits per heavy atom. The molecule has 2 atom stereocenters. The topological polar surface area (TPSA) is 48.0 Å². The number of hydrogen-bond acceptors (Lipinski definition) is 4. The van der Waals surface area contributed by atoms with Crippen LogP contribution in [-0.2, 0) is 34.0 Å². The zero-order valence-electron chi connectivity index (χ0n) is 24.1. The van der Waals surface area contributed by atoms with Crippen molar-refractivity contribution in [3.8, 4) is 0 Å². The summed E-state index contributed by atoms with van der Waals surface area (Å²) in [6, 6.07) is 39.6. The van der Waals surface area contributed by atoms with Crippen LogP contribution in [0.1, 0.15) is 49.1 Å². The summed E-state index contributed by atoms with van der Waals surface area (Å²) in [6.07, 6.45) is -0.871. The predicted molar refractivity (Wildman–Crippen MR) is 169 cm³/mol. The number of ether oxygens (including phenoxy) is 3. The molecule has 1 amide bonds. The number of carbonyl (C=O) groups is 1. The number of carbonyl (C=O) groups excluding carboxylic acids is 1. The molecule has 0 saturated carbocycles. The van der Waals surface area contributed by atoms with Gasteiger partial charge in [-0.15, -0.1) is 0 Å². The van der Waals surface area contributed by atoms with E-state index in [-0.39, 0.29) is 20.1 Å². The van der Waals surface area contributed by atoms with Gasteiger partial charge in [0.15, 0.2) is 0 Å². The highest BCUT2D eigenvalue weighted by molar-refractivity contribution is 7.59. The van der Waals surface area contributed by atoms with Gasteiger partial charge in [-0.2, -0.15) is 13.5 Å². The van der Waals surface area contributed by atoms with Crippen LogP contribution in [0.2, 0.25) is 0 Å². The van der Waals surface area contributed by atoms with E-state index in [1.165, 1.54) is 0 Å². The first-order chi connectivity index (χ1) is 19.4. The fourth-order valence-corrected chi connectivity index (χ4v) is 4.50. The molecule has 41 heavy (non-hydrogen) atoms. The Morgan fingerprint density at radius 3 is 1.66 bits per heavy atom. The molecule has 0 radical (unpaired) electrons. The molecule has 4 aromatic rings. The van der Waals surface area contributed by atoms with E-state index in [4.69, 9.17) is 14.2 Å². The van der Waals surface area contributed by atoms with Gasteiger partial charge in [-0.05, 0) is 43.0 Å². The monoisotopic (exact) mass is 571 g/mol. The first kappa shape index (κ1) is 31.9. The predicted octanol–water partition coefficient (Wildman–Crippen LogP) is 8.08. The lowest BCUT2D eigenvalue weighted by molar-refractivity contribution is -0.0783. The van der Waals surface area contributed by atoms with Crippen LogP contribution in [0, 0.1) is 0 Å². The van der Waals surface area contributed by atoms with E-state index in [1.807, 2.05) is 142 Å². The van der Waals surface area contributed by atoms with Gasteiger partial charge in [-0.3, -0.25) is 4.90 Å². The molecule has 0 saturated heterocycles. The van der Waals surface area contributed by atoms with Gasteiger partial charge in [0.05, 0.1) is 25.9 Å². The van der Waals surface area contributed by atoms with Crippen molar-refractivity contribution in [3.63, 3.8) is 0 Å². The minimum Gasteiger partial charge on any atom is -0.444 e. The molecule has 6 heteroatoms. The second-order valence-electron chi connectivity index (χ2n) is 10.8. The summed E-state index contributed by atoms with van der Waals surface area (Å²) in [5, 5.41) is 0. The van der Waals surface area contributed by atoms with Crippen LogP contribution >= 0.6 is 13.5 Å². The molecular formula is C35H41NO4S. The fraction of sp³-hybridized carbons (Fsp3) is 0.286. The normalized spacial score (nSPS) is 12.6. The molecule has 4 aromatic carbocycles. The summed E-state index contributed by atoms with van der Waals surface area (Å²) in [4.78, 5) is 15.6. The van der Waals surface area contributed by atoms with Gasteiger partial charge in [0.1, 0.15) is 11.7 Å². The Labute approximate surface area is 251 Å². The van der Waals surface area contributed by atoms with Gasteiger partial charge in [-0.1, -0.05) is 121 Å². The van der Waals surface area contributed by atoms with Crippen molar-refractivity contribution in [3.05, 3.63) is 144 Å². The van der Waals surface area contributed by atoms with Crippen LogP contribution in [0.25, 0.3) is 0 Å². The van der Waals surface area contributed by atoms with Crippen molar-refractivity contribution >= 4 is 19.6 Å². The lowest BCUT2D eigenvalue weighted by Crippen LogP contribution is -2.45. The van der Waals surface area contributed by atoms with E-state index in [9.17, 15) is 4.79 Å². The van der Waals surface area contributed by atoms with Crippen LogP contribution < -0.4 is 0 Å². The van der Waals surface area contributed by atoms with E-state index in [2.05, 4.69) is 0 Å². The van der Waals surface area contributed by atoms with Gasteiger partial charge in [0.2, 0.25) is 0 Å². The Bertz CT molecular complexity index is 1280. The number of rotatable bonds is 12. The Kier molecular flexibility index (Phi) is 12.5. The second kappa shape index (κ2) is 16.0. The van der Waals surface area contributed by atoms with Gasteiger partial charge in [0.25, 0.3) is 0 Å². The molecule has 216 valence electrons. The highest BCUT2D eigenvalue weighted by atomic mass is 32.1. The molecule has 0 aromatic heterocycles. The standard InChI is InChI=1S/C35H39NO4.H2S/c1-35(2,3)40-34(37)36(24-28-16-8-4-9-17-28)33(31-22-14-7-15-23-31)32(39-26-30-20-12-6-13-21-30)27-38-25-29-18-10-5-11-19-29;/h4-23,32-33H,24-27H2,1-3H3;1H2/t32-,33-;/m1./s1. The molecular weight excluding hydrogens is 530 g/mol. The third-order valence-corrected chi connectivity index (χ3v) is 6.35. The van der Waals surface area contributed by atoms with Crippen LogP contribution in [0.4, 0.5) is 4.79 Å². The highest BCUT2D eigenvalue weighted by Gasteiger charge is 2.36. The maximum atomic E-state index is 13.9. The third kappa shape index (κ3) is 10.4. The van der Waals surface area contributed by atoms with Crippen LogP contribution in [0.15, 0.2) is 121 Å². The number of hydrogen-bond donors (Lipinski definition) is 0. The SMILES string of the molecule is CC(C)(C)OC(=O)N(Cc1ccccc1)[C@H](c1ccccc1)[C@@H](COCc1ccccc1)OCc1ccccc1.S. The summed E-state index contributed by atoms with van der Waals surface area (Å²) in [5.41, 5.74) is 3.42. The Balaban J connectivity index is 0.00000462. The summed E-state index contributed by atoms with van der Waals surface area (Å²) < 4.78 is 18.8. The zero-order valence-corrected chi connectivity index (χ0v) is 25.1. The van der Waals surface area contributed by atoms with Crippen molar-refractivity contribution in [2.75, 3.05) is 6.61 Å². The first-order valence-corrected chi connectivity index (χ1v) is 13.7. The molecule has 0 heterocycles. The van der Waals surface area contributed by atoms with Crippen molar-refractivity contribution in [2.45, 2.75) is 58.3 Å². The minimum absolute atomic E-state index is 0. The molecule has 0 aliphatic heterocycles. The van der Waals surface area contributed by atoms with E-state index in [1.54, 1.807) is 4.90 Å². The molecule has 0 aliphatic carbocycles. The smallest absolute Gasteiger partial charge is 0.411 e. The van der Waals surface area contributed by atoms with Crippen molar-refractivity contribution in [1.29, 1.82) is 0 Å². The molecule has 0 spiro atoms. The van der Waals surface area contributed by atoms with Crippen molar-refractivity contribution in [2.24, 2.45) is 0 Å². The second-order valence-corrected chi connectivity index (χ2v) is 10.8. The van der Waals surface area contributed by atoms with Crippen LogP contribution in [0.5, 0.6) is 0 Å². The Hall–Kier alpha value is -3.58. The lowest BCUT2D eigenvalue weighted by Gasteiger charge is -2.38. The summed E-state index contributed by atoms with van der Waals surface area (Å²) in [6.45, 7) is 7.13. The van der Waals surface area contributed by atoms with Gasteiger partial charge in [-0.25, -0.2) is 4.79 Å². The lowest BCUT2D eigenvalue weighted by atomic mass is 9.99. The van der Waals surface area contributed by atoms with E-state index >= 15 is 0 Å². The molecule has 0 fully saturated rings. The maximum Gasteiger partial charge on any atom is 0.411 e. The number of benzene rings is 4. The van der Waals surface area contributed by atoms with E-state index in [0.29, 0.717) is 19.8 Å². The summed E-state index contributed by atoms with van der Waals surface area (Å²) >= 11 is 0. The molecule has 0 unspecified atom stereocenters. The number of amides is 1. The molecule has 4 rings (SSSR count). The summed E-state index contributed by atoms with van der Waals surface area (Å²) in [5.74, 6) is 0. The Morgan fingerprint density at radius 1 is 0.683 bits per heavy atom. The van der Waals surface area contributed by atoms with Crippen LogP contribution in [0.3, 0.4) is 0 Å². The largest absolute Gasteiger partial charge is 0.444 e.